The third kappa shape index (κ3) is 2.68. The molecule has 10 heteroatoms. The Bertz CT molecular complexity index is 1260. The molecule has 2 atom stereocenters. The Morgan fingerprint density at radius 1 is 1.28 bits per heavy atom. The topological polar surface area (TPSA) is 135 Å². The number of rotatable bonds is 3. The van der Waals surface area contributed by atoms with E-state index in [1.807, 2.05) is 0 Å². The van der Waals surface area contributed by atoms with Crippen LogP contribution in [0, 0.1) is 12.7 Å². The van der Waals surface area contributed by atoms with Crippen molar-refractivity contribution < 1.29 is 14.2 Å². The minimum absolute atomic E-state index is 0.0316. The zero-order valence-electron chi connectivity index (χ0n) is 15.7. The molecule has 29 heavy (non-hydrogen) atoms. The van der Waals surface area contributed by atoms with Crippen LogP contribution in [0.2, 0.25) is 0 Å². The van der Waals surface area contributed by atoms with E-state index in [1.54, 1.807) is 14.0 Å². The van der Waals surface area contributed by atoms with Gasteiger partial charge in [0.2, 0.25) is 0 Å². The average Bonchev–Trinajstić information content (AvgIpc) is 3.04. The van der Waals surface area contributed by atoms with Gasteiger partial charge in [-0.05, 0) is 13.0 Å². The molecule has 0 radical (unpaired) electrons. The average molecular weight is 395 g/mol. The van der Waals surface area contributed by atoms with Gasteiger partial charge in [-0.15, -0.1) is 0 Å². The fourth-order valence-corrected chi connectivity index (χ4v) is 3.75. The monoisotopic (exact) mass is 395 g/mol. The molecular weight excluding hydrogens is 377 g/mol. The van der Waals surface area contributed by atoms with E-state index in [-0.39, 0.29) is 12.4 Å². The fraction of sp³-hybridized carbons (Fsp3) is 0.263. The molecule has 5 N–H and O–H groups in total. The quantitative estimate of drug-likeness (QED) is 0.414. The molecular formula is C19H18FN7O2. The Morgan fingerprint density at radius 2 is 2.03 bits per heavy atom. The number of aromatic amines is 1. The van der Waals surface area contributed by atoms with Crippen LogP contribution in [0.25, 0.3) is 21.9 Å². The van der Waals surface area contributed by atoms with Gasteiger partial charge >= 0.3 is 6.01 Å². The summed E-state index contributed by atoms with van der Waals surface area (Å²) in [7, 11) is 1.71. The molecule has 0 unspecified atom stereocenters. The van der Waals surface area contributed by atoms with Gasteiger partial charge in [0.05, 0.1) is 46.8 Å². The van der Waals surface area contributed by atoms with Crippen molar-refractivity contribution in [3.05, 3.63) is 41.4 Å². The summed E-state index contributed by atoms with van der Waals surface area (Å²) < 4.78 is 20.5. The van der Waals surface area contributed by atoms with Crippen LogP contribution in [0.4, 0.5) is 10.1 Å². The van der Waals surface area contributed by atoms with Crippen molar-refractivity contribution in [2.45, 2.75) is 25.5 Å². The smallest absolute Gasteiger partial charge is 0.324 e. The largest absolute Gasteiger partial charge is 0.421 e. The third-order valence-corrected chi connectivity index (χ3v) is 5.17. The van der Waals surface area contributed by atoms with Crippen molar-refractivity contribution in [1.82, 2.24) is 24.9 Å². The summed E-state index contributed by atoms with van der Waals surface area (Å²) in [5.74, 6) is 0.554. The number of halogens is 1. The normalized spacial score (nSPS) is 18.4. The molecule has 0 amide bonds. The van der Waals surface area contributed by atoms with Crippen LogP contribution >= 0.6 is 0 Å². The standard InChI is InChI=1S/C19H18FN7O2/c1-7-23-5-8(6-24-7)29-19-26-17-14-13-9(3-12(28)15(17)21)10(20)4-11(22-2)16(13)25-18(14)27-19/h4-6,12,15,22,28H,3,21H2,1-2H3,(H,25,26,27)/t12-,15-/m0/s1. The number of aromatic nitrogens is 5. The second kappa shape index (κ2) is 6.33. The minimum Gasteiger partial charge on any atom is -0.421 e. The lowest BCUT2D eigenvalue weighted by atomic mass is 10.0. The highest BCUT2D eigenvalue weighted by atomic mass is 19.1. The van der Waals surface area contributed by atoms with Crippen LogP contribution in [0.3, 0.4) is 0 Å². The Labute approximate surface area is 164 Å². The minimum atomic E-state index is -1.01. The Hall–Kier alpha value is -3.37. The number of nitrogens with two attached hydrogens (primary N) is 1. The molecule has 4 aromatic rings. The predicted molar refractivity (Wildman–Crippen MR) is 104 cm³/mol. The molecule has 0 bridgehead atoms. The third-order valence-electron chi connectivity index (χ3n) is 5.17. The van der Waals surface area contributed by atoms with E-state index < -0.39 is 18.0 Å². The van der Waals surface area contributed by atoms with Gasteiger partial charge in [0.15, 0.2) is 5.75 Å². The molecule has 5 rings (SSSR count). The molecule has 1 aromatic carbocycles. The summed E-state index contributed by atoms with van der Waals surface area (Å²) in [5, 5.41) is 14.8. The maximum absolute atomic E-state index is 14.8. The lowest BCUT2D eigenvalue weighted by Crippen LogP contribution is -2.28. The first-order valence-corrected chi connectivity index (χ1v) is 9.09. The van der Waals surface area contributed by atoms with E-state index in [2.05, 4.69) is 30.2 Å². The van der Waals surface area contributed by atoms with Crippen molar-refractivity contribution in [2.24, 2.45) is 5.73 Å². The molecule has 3 aromatic heterocycles. The highest BCUT2D eigenvalue weighted by Gasteiger charge is 2.32. The van der Waals surface area contributed by atoms with Gasteiger partial charge < -0.3 is 25.9 Å². The fourth-order valence-electron chi connectivity index (χ4n) is 3.75. The number of anilines is 1. The number of aliphatic hydroxyl groups is 1. The maximum Gasteiger partial charge on any atom is 0.324 e. The van der Waals surface area contributed by atoms with E-state index in [0.717, 1.165) is 0 Å². The highest BCUT2D eigenvalue weighted by molar-refractivity contribution is 6.13. The predicted octanol–water partition coefficient (Wildman–Crippen LogP) is 2.10. The summed E-state index contributed by atoms with van der Waals surface area (Å²) >= 11 is 0. The SMILES string of the molecule is CNc1cc(F)c2c3c1[nH]c1nc(Oc4cnc(C)nc4)nc(c13)[C@@H](N)[C@@H](O)C2. The first kappa shape index (κ1) is 17.7. The first-order chi connectivity index (χ1) is 14.0. The lowest BCUT2D eigenvalue weighted by molar-refractivity contribution is 0.143. The van der Waals surface area contributed by atoms with Gasteiger partial charge in [-0.25, -0.2) is 14.4 Å². The van der Waals surface area contributed by atoms with Crippen molar-refractivity contribution in [3.8, 4) is 11.8 Å². The Morgan fingerprint density at radius 3 is 2.76 bits per heavy atom. The van der Waals surface area contributed by atoms with E-state index in [0.29, 0.717) is 50.5 Å². The number of nitrogens with zero attached hydrogens (tertiary/aromatic N) is 4. The van der Waals surface area contributed by atoms with E-state index >= 15 is 0 Å². The number of aliphatic hydroxyl groups excluding tert-OH is 1. The number of ether oxygens (including phenoxy) is 1. The number of hydrogen-bond donors (Lipinski definition) is 4. The Kier molecular flexibility index (Phi) is 3.86. The summed E-state index contributed by atoms with van der Waals surface area (Å²) in [6, 6.07) is 0.593. The van der Waals surface area contributed by atoms with Crippen molar-refractivity contribution in [1.29, 1.82) is 0 Å². The van der Waals surface area contributed by atoms with Crippen LogP contribution in [-0.4, -0.2) is 43.2 Å². The molecule has 0 saturated heterocycles. The van der Waals surface area contributed by atoms with Crippen molar-refractivity contribution >= 4 is 27.6 Å². The maximum atomic E-state index is 14.8. The number of aryl methyl sites for hydroxylation is 1. The molecule has 148 valence electrons. The van der Waals surface area contributed by atoms with Gasteiger partial charge in [0.1, 0.15) is 17.3 Å². The molecule has 3 heterocycles. The number of benzene rings is 1. The summed E-state index contributed by atoms with van der Waals surface area (Å²) in [6.07, 6.45) is 2.09. The van der Waals surface area contributed by atoms with Gasteiger partial charge in [-0.2, -0.15) is 9.97 Å². The van der Waals surface area contributed by atoms with Crippen LogP contribution in [0.5, 0.6) is 11.8 Å². The van der Waals surface area contributed by atoms with Crippen molar-refractivity contribution in [3.63, 3.8) is 0 Å². The molecule has 1 aliphatic rings. The van der Waals surface area contributed by atoms with Crippen molar-refractivity contribution in [2.75, 3.05) is 12.4 Å². The number of H-pyrrole nitrogens is 1. The Balaban J connectivity index is 1.78. The molecule has 0 saturated carbocycles. The zero-order valence-corrected chi connectivity index (χ0v) is 15.7. The van der Waals surface area contributed by atoms with Gasteiger partial charge in [-0.1, -0.05) is 0 Å². The van der Waals surface area contributed by atoms with Gasteiger partial charge in [-0.3, -0.25) is 0 Å². The van der Waals surface area contributed by atoms with E-state index in [9.17, 15) is 9.50 Å². The molecule has 1 aliphatic carbocycles. The van der Waals surface area contributed by atoms with Gasteiger partial charge in [0, 0.05) is 24.4 Å². The van der Waals surface area contributed by atoms with Crippen LogP contribution in [-0.2, 0) is 6.42 Å². The number of hydrogen-bond acceptors (Lipinski definition) is 8. The second-order valence-electron chi connectivity index (χ2n) is 6.99. The lowest BCUT2D eigenvalue weighted by Gasteiger charge is -2.17. The zero-order chi connectivity index (χ0) is 20.3. The van der Waals surface area contributed by atoms with Crippen LogP contribution < -0.4 is 15.8 Å². The molecule has 9 nitrogen and oxygen atoms in total. The second-order valence-corrected chi connectivity index (χ2v) is 6.99. The summed E-state index contributed by atoms with van der Waals surface area (Å²) in [6.45, 7) is 1.76. The summed E-state index contributed by atoms with van der Waals surface area (Å²) in [5.41, 5.74) is 8.75. The van der Waals surface area contributed by atoms with Gasteiger partial charge in [0.25, 0.3) is 0 Å². The highest BCUT2D eigenvalue weighted by Crippen LogP contribution is 2.41. The van der Waals surface area contributed by atoms with Crippen LogP contribution in [0.1, 0.15) is 23.1 Å². The summed E-state index contributed by atoms with van der Waals surface area (Å²) in [4.78, 5) is 20.3. The molecule has 0 fully saturated rings. The molecule has 0 spiro atoms. The van der Waals surface area contributed by atoms with E-state index in [4.69, 9.17) is 10.5 Å². The molecule has 0 aliphatic heterocycles. The van der Waals surface area contributed by atoms with Crippen LogP contribution in [0.15, 0.2) is 18.5 Å². The first-order valence-electron chi connectivity index (χ1n) is 9.09. The van der Waals surface area contributed by atoms with E-state index in [1.165, 1.54) is 18.5 Å². The number of nitrogens with one attached hydrogen (secondary N) is 2.